The van der Waals surface area contributed by atoms with Gasteiger partial charge in [0.1, 0.15) is 17.0 Å². The lowest BCUT2D eigenvalue weighted by molar-refractivity contribution is 0.0256. The summed E-state index contributed by atoms with van der Waals surface area (Å²) in [4.78, 5) is 51.9. The Balaban J connectivity index is 0.000000198. The summed E-state index contributed by atoms with van der Waals surface area (Å²) in [6.45, 7) is 22.6. The van der Waals surface area contributed by atoms with Crippen LogP contribution in [0.2, 0.25) is 0 Å². The van der Waals surface area contributed by atoms with E-state index in [0.717, 1.165) is 101 Å². The monoisotopic (exact) mass is 736 g/mol. The van der Waals surface area contributed by atoms with Crippen molar-refractivity contribution in [1.29, 1.82) is 0 Å². The maximum Gasteiger partial charge on any atom is 0.410 e. The Morgan fingerprint density at radius 2 is 1.11 bits per heavy atom. The molecule has 6 rings (SSSR count). The fourth-order valence-electron chi connectivity index (χ4n) is 7.59. The number of rotatable bonds is 3. The Bertz CT molecular complexity index is 1580. The highest BCUT2D eigenvalue weighted by molar-refractivity contribution is 5.85. The molecular weight excluding hydrogens is 675 g/mol. The zero-order valence-electron chi connectivity index (χ0n) is 33.2. The Morgan fingerprint density at radius 1 is 0.679 bits per heavy atom. The number of ether oxygens (including phenoxy) is 2. The molecule has 53 heavy (non-hydrogen) atoms. The van der Waals surface area contributed by atoms with E-state index < -0.39 is 11.4 Å². The topological polar surface area (TPSA) is 108 Å². The SMILES string of the molecule is CC(C)(C)OC(=O)N1CCC2(CCNCC2)C1.Cc1ccc(C=O)c(F)c1.Cc1ccc(C=O)c(N2CCC3(CCN(C(=O)OC(C)(C)C)C3)CC2)c1. The molecule has 0 aliphatic carbocycles. The molecule has 292 valence electrons. The van der Waals surface area contributed by atoms with E-state index in [4.69, 9.17) is 9.47 Å². The molecule has 4 fully saturated rings. The zero-order chi connectivity index (χ0) is 39.0. The predicted octanol–water partition coefficient (Wildman–Crippen LogP) is 7.98. The number of piperidine rings is 2. The van der Waals surface area contributed by atoms with Crippen molar-refractivity contribution in [3.8, 4) is 0 Å². The van der Waals surface area contributed by atoms with Crippen LogP contribution in [0.4, 0.5) is 19.7 Å². The van der Waals surface area contributed by atoms with Crippen LogP contribution in [0, 0.1) is 30.5 Å². The maximum atomic E-state index is 12.6. The molecule has 2 spiro atoms. The molecule has 4 aliphatic heterocycles. The van der Waals surface area contributed by atoms with Gasteiger partial charge in [-0.25, -0.2) is 14.0 Å². The molecule has 0 aromatic heterocycles. The van der Waals surface area contributed by atoms with Crippen LogP contribution >= 0.6 is 0 Å². The first-order chi connectivity index (χ1) is 24.9. The average Bonchev–Trinajstić information content (AvgIpc) is 3.69. The third-order valence-corrected chi connectivity index (χ3v) is 10.6. The van der Waals surface area contributed by atoms with Gasteiger partial charge in [0.25, 0.3) is 0 Å². The fraction of sp³-hybridized carbons (Fsp3) is 0.619. The van der Waals surface area contributed by atoms with Crippen LogP contribution in [0.25, 0.3) is 0 Å². The number of benzene rings is 2. The molecule has 0 atom stereocenters. The van der Waals surface area contributed by atoms with E-state index in [1.54, 1.807) is 13.0 Å². The molecule has 4 heterocycles. The number of aryl methyl sites for hydroxylation is 2. The molecule has 0 radical (unpaired) electrons. The van der Waals surface area contributed by atoms with Crippen molar-refractivity contribution in [1.82, 2.24) is 15.1 Å². The zero-order valence-corrected chi connectivity index (χ0v) is 33.2. The van der Waals surface area contributed by atoms with Crippen molar-refractivity contribution in [2.75, 3.05) is 57.3 Å². The maximum absolute atomic E-state index is 12.6. The van der Waals surface area contributed by atoms with Crippen molar-refractivity contribution in [2.45, 2.75) is 105 Å². The minimum absolute atomic E-state index is 0.116. The Kier molecular flexibility index (Phi) is 13.7. The van der Waals surface area contributed by atoms with Crippen molar-refractivity contribution in [3.05, 3.63) is 64.5 Å². The second kappa shape index (κ2) is 17.4. The fourth-order valence-corrected chi connectivity index (χ4v) is 7.59. The number of anilines is 1. The summed E-state index contributed by atoms with van der Waals surface area (Å²) in [7, 11) is 0. The second-order valence-electron chi connectivity index (χ2n) is 17.4. The van der Waals surface area contributed by atoms with Gasteiger partial charge in [0.2, 0.25) is 0 Å². The van der Waals surface area contributed by atoms with Crippen LogP contribution in [0.15, 0.2) is 36.4 Å². The third-order valence-electron chi connectivity index (χ3n) is 10.6. The Hall–Kier alpha value is -3.99. The molecule has 0 unspecified atom stereocenters. The number of hydrogen-bond acceptors (Lipinski definition) is 8. The summed E-state index contributed by atoms with van der Waals surface area (Å²) in [5.41, 5.74) is 3.62. The summed E-state index contributed by atoms with van der Waals surface area (Å²) < 4.78 is 23.6. The van der Waals surface area contributed by atoms with Crippen molar-refractivity contribution in [2.24, 2.45) is 10.8 Å². The molecule has 11 heteroatoms. The number of aldehydes is 2. The molecule has 2 aromatic carbocycles. The highest BCUT2D eigenvalue weighted by atomic mass is 19.1. The molecule has 2 aromatic rings. The van der Waals surface area contributed by atoms with E-state index in [1.165, 1.54) is 30.5 Å². The summed E-state index contributed by atoms with van der Waals surface area (Å²) in [5, 5.41) is 3.38. The molecule has 0 bridgehead atoms. The number of carbonyl (C=O) groups excluding carboxylic acids is 4. The number of halogens is 1. The highest BCUT2D eigenvalue weighted by Gasteiger charge is 2.44. The Morgan fingerprint density at radius 3 is 1.57 bits per heavy atom. The molecule has 1 N–H and O–H groups in total. The summed E-state index contributed by atoms with van der Waals surface area (Å²) >= 11 is 0. The molecule has 2 amide bonds. The van der Waals surface area contributed by atoms with Crippen molar-refractivity contribution in [3.63, 3.8) is 0 Å². The van der Waals surface area contributed by atoms with E-state index in [1.807, 2.05) is 63.5 Å². The third kappa shape index (κ3) is 12.0. The smallest absolute Gasteiger partial charge is 0.410 e. The van der Waals surface area contributed by atoms with E-state index in [0.29, 0.717) is 11.7 Å². The van der Waals surface area contributed by atoms with Crippen LogP contribution in [-0.2, 0) is 9.47 Å². The van der Waals surface area contributed by atoms with E-state index >= 15 is 0 Å². The lowest BCUT2D eigenvalue weighted by atomic mass is 9.77. The van der Waals surface area contributed by atoms with Crippen LogP contribution in [0.5, 0.6) is 0 Å². The van der Waals surface area contributed by atoms with Gasteiger partial charge in [-0.1, -0.05) is 12.1 Å². The van der Waals surface area contributed by atoms with Gasteiger partial charge in [-0.05, 0) is 153 Å². The number of amides is 2. The van der Waals surface area contributed by atoms with E-state index in [2.05, 4.69) is 23.2 Å². The summed E-state index contributed by atoms with van der Waals surface area (Å²) in [6, 6.07) is 10.5. The number of likely N-dealkylation sites (tertiary alicyclic amines) is 2. The normalized spacial score (nSPS) is 19.2. The van der Waals surface area contributed by atoms with Gasteiger partial charge in [0.15, 0.2) is 12.6 Å². The van der Waals surface area contributed by atoms with Gasteiger partial charge in [-0.2, -0.15) is 0 Å². The van der Waals surface area contributed by atoms with Crippen LogP contribution in [0.1, 0.15) is 112 Å². The first-order valence-electron chi connectivity index (χ1n) is 19.0. The van der Waals surface area contributed by atoms with Gasteiger partial charge in [0.05, 0.1) is 5.56 Å². The van der Waals surface area contributed by atoms with Crippen molar-refractivity contribution < 1.29 is 33.0 Å². The van der Waals surface area contributed by atoms with E-state index in [-0.39, 0.29) is 28.8 Å². The summed E-state index contributed by atoms with van der Waals surface area (Å²) in [6.07, 6.45) is 7.73. The molecule has 4 aliphatic rings. The van der Waals surface area contributed by atoms with Gasteiger partial charge in [-0.3, -0.25) is 9.59 Å². The number of carbonyl (C=O) groups is 4. The minimum Gasteiger partial charge on any atom is -0.444 e. The molecule has 10 nitrogen and oxygen atoms in total. The Labute approximate surface area is 315 Å². The van der Waals surface area contributed by atoms with Crippen molar-refractivity contribution >= 4 is 30.4 Å². The van der Waals surface area contributed by atoms with Gasteiger partial charge in [-0.15, -0.1) is 0 Å². The average molecular weight is 737 g/mol. The van der Waals surface area contributed by atoms with Gasteiger partial charge in [0, 0.05) is 50.5 Å². The van der Waals surface area contributed by atoms with Gasteiger partial charge < -0.3 is 29.5 Å². The largest absolute Gasteiger partial charge is 0.444 e. The minimum atomic E-state index is -0.452. The molecular formula is C42H61FN4O6. The standard InChI is InChI=1S/C21H30N2O3.C13H24N2O2.C8H7FO/c1-16-5-6-17(14-24)18(13-16)22-10-7-21(8-11-22)9-12-23(15-21)19(25)26-20(2,3)4;1-12(2,3)17-11(16)15-9-6-13(10-15)4-7-14-8-5-13;1-6-2-3-7(5-10)8(9)4-6/h5-6,13-14H,7-12,15H2,1-4H3;14H,4-10H2,1-3H3;2-5H,1H3. The lowest BCUT2D eigenvalue weighted by Crippen LogP contribution is -2.43. The predicted molar refractivity (Wildman–Crippen MR) is 206 cm³/mol. The quantitative estimate of drug-likeness (QED) is 0.316. The first kappa shape index (κ1) is 41.8. The molecule has 0 saturated carbocycles. The lowest BCUT2D eigenvalue weighted by Gasteiger charge is -2.40. The molecule has 4 saturated heterocycles. The first-order valence-corrected chi connectivity index (χ1v) is 19.0. The number of hydrogen-bond donors (Lipinski definition) is 1. The van der Waals surface area contributed by atoms with E-state index in [9.17, 15) is 23.6 Å². The summed E-state index contributed by atoms with van der Waals surface area (Å²) in [5.74, 6) is -0.449. The number of nitrogens with one attached hydrogen (secondary N) is 1. The van der Waals surface area contributed by atoms with Crippen LogP contribution in [-0.4, -0.2) is 98.1 Å². The van der Waals surface area contributed by atoms with Crippen LogP contribution in [0.3, 0.4) is 0 Å². The highest BCUT2D eigenvalue weighted by Crippen LogP contribution is 2.42. The van der Waals surface area contributed by atoms with Crippen LogP contribution < -0.4 is 10.2 Å². The number of nitrogens with zero attached hydrogens (tertiary/aromatic N) is 3. The second-order valence-corrected chi connectivity index (χ2v) is 17.4. The van der Waals surface area contributed by atoms with Gasteiger partial charge >= 0.3 is 12.2 Å².